The molecule has 1 aromatic heterocycles. The normalized spacial score (nSPS) is 25.9. The first-order valence-corrected chi connectivity index (χ1v) is 8.13. The second kappa shape index (κ2) is 8.90. The number of hydrogen-bond acceptors (Lipinski definition) is 8. The van der Waals surface area contributed by atoms with Crippen LogP contribution in [0.1, 0.15) is 31.9 Å². The molecule has 0 bridgehead atoms. The van der Waals surface area contributed by atoms with E-state index in [2.05, 4.69) is 0 Å². The molecule has 1 aromatic rings. The molecule has 5 N–H and O–H groups in total. The molecule has 0 spiro atoms. The van der Waals surface area contributed by atoms with Crippen molar-refractivity contribution in [2.45, 2.75) is 50.2 Å². The zero-order valence-electron chi connectivity index (χ0n) is 13.7. The van der Waals surface area contributed by atoms with Gasteiger partial charge in [-0.3, -0.25) is 19.1 Å². The van der Waals surface area contributed by atoms with Gasteiger partial charge in [-0.05, 0) is 19.4 Å². The van der Waals surface area contributed by atoms with Crippen molar-refractivity contribution in [2.24, 2.45) is 5.73 Å². The molecule has 0 radical (unpaired) electrons. The summed E-state index contributed by atoms with van der Waals surface area (Å²) in [5.74, 6) is -0.438. The lowest BCUT2D eigenvalue weighted by Gasteiger charge is -2.16. The van der Waals surface area contributed by atoms with Crippen LogP contribution in [-0.2, 0) is 14.3 Å². The zero-order valence-corrected chi connectivity index (χ0v) is 13.7. The number of carbonyl (C=O) groups is 1. The first-order chi connectivity index (χ1) is 11.9. The average Bonchev–Trinajstić information content (AvgIpc) is 2.85. The molecule has 1 aliphatic rings. The zero-order chi connectivity index (χ0) is 18.4. The minimum absolute atomic E-state index is 0.230. The van der Waals surface area contributed by atoms with Crippen LogP contribution >= 0.6 is 0 Å². The number of H-pyrrole nitrogens is 1. The molecule has 0 aromatic carbocycles. The smallest absolute Gasteiger partial charge is 0.330 e. The molecule has 4 atom stereocenters. The van der Waals surface area contributed by atoms with Gasteiger partial charge < -0.3 is 25.4 Å². The lowest BCUT2D eigenvalue weighted by Crippen LogP contribution is -2.37. The monoisotopic (exact) mass is 357 g/mol. The summed E-state index contributed by atoms with van der Waals surface area (Å²) in [6.07, 6.45) is -1.21. The van der Waals surface area contributed by atoms with Crippen LogP contribution in [0.2, 0.25) is 0 Å². The van der Waals surface area contributed by atoms with Gasteiger partial charge in [-0.15, -0.1) is 0 Å². The van der Waals surface area contributed by atoms with E-state index in [1.165, 1.54) is 0 Å². The lowest BCUT2D eigenvalue weighted by atomic mass is 10.1. The fourth-order valence-electron chi connectivity index (χ4n) is 2.56. The summed E-state index contributed by atoms with van der Waals surface area (Å²) in [6.45, 7) is 0.323. The second-order valence-electron chi connectivity index (χ2n) is 5.85. The minimum atomic E-state index is -1.41. The van der Waals surface area contributed by atoms with Crippen LogP contribution in [0.5, 0.6) is 0 Å². The van der Waals surface area contributed by atoms with Gasteiger partial charge >= 0.3 is 11.7 Å². The summed E-state index contributed by atoms with van der Waals surface area (Å²) in [5.41, 5.74) is 4.00. The Hall–Kier alpha value is -2.01. The lowest BCUT2D eigenvalue weighted by molar-refractivity contribution is -0.150. The van der Waals surface area contributed by atoms with Gasteiger partial charge in [0, 0.05) is 18.7 Å². The number of rotatable bonds is 8. The van der Waals surface area contributed by atoms with Gasteiger partial charge in [-0.25, -0.2) is 4.79 Å². The summed E-state index contributed by atoms with van der Waals surface area (Å²) in [6, 6.07) is 1.10. The van der Waals surface area contributed by atoms with Gasteiger partial charge in [-0.1, -0.05) is 6.42 Å². The quantitative estimate of drug-likeness (QED) is 0.314. The molecule has 1 saturated heterocycles. The molecule has 1 fully saturated rings. The Bertz CT molecular complexity index is 686. The summed E-state index contributed by atoms with van der Waals surface area (Å²) in [5, 5.41) is 20.1. The van der Waals surface area contributed by atoms with Crippen LogP contribution in [0.25, 0.3) is 0 Å². The van der Waals surface area contributed by atoms with Crippen LogP contribution in [0.3, 0.4) is 0 Å². The predicted molar refractivity (Wildman–Crippen MR) is 85.7 cm³/mol. The molecule has 2 rings (SSSR count). The summed E-state index contributed by atoms with van der Waals surface area (Å²) in [4.78, 5) is 36.5. The van der Waals surface area contributed by atoms with E-state index in [0.717, 1.165) is 29.7 Å². The fraction of sp³-hybridized carbons (Fsp3) is 0.667. The number of aromatic amines is 1. The van der Waals surface area contributed by atoms with Crippen LogP contribution < -0.4 is 17.0 Å². The van der Waals surface area contributed by atoms with Crippen molar-refractivity contribution < 1.29 is 24.5 Å². The van der Waals surface area contributed by atoms with Gasteiger partial charge in [0.2, 0.25) is 0 Å². The Morgan fingerprint density at radius 2 is 2.04 bits per heavy atom. The Labute approximate surface area is 143 Å². The number of nitrogens with two attached hydrogens (primary N) is 1. The maximum atomic E-state index is 11.8. The molecule has 2 heterocycles. The fourth-order valence-corrected chi connectivity index (χ4v) is 2.56. The highest BCUT2D eigenvalue weighted by molar-refractivity contribution is 5.69. The molecule has 0 aliphatic carbocycles. The first kappa shape index (κ1) is 19.3. The number of carbonyl (C=O) groups excluding carboxylic acids is 1. The van der Waals surface area contributed by atoms with E-state index < -0.39 is 41.8 Å². The van der Waals surface area contributed by atoms with Crippen molar-refractivity contribution in [1.82, 2.24) is 9.55 Å². The van der Waals surface area contributed by atoms with E-state index in [9.17, 15) is 24.6 Å². The number of nitrogens with one attached hydrogen (secondary N) is 1. The molecule has 0 amide bonds. The average molecular weight is 357 g/mol. The van der Waals surface area contributed by atoms with Gasteiger partial charge in [0.15, 0.2) is 6.23 Å². The second-order valence-corrected chi connectivity index (χ2v) is 5.85. The maximum Gasteiger partial charge on any atom is 0.330 e. The molecule has 0 unspecified atom stereocenters. The molecule has 25 heavy (non-hydrogen) atoms. The number of nitrogens with zero attached hydrogens (tertiary/aromatic N) is 1. The van der Waals surface area contributed by atoms with E-state index in [-0.39, 0.29) is 13.0 Å². The Balaban J connectivity index is 1.90. The third-order valence-electron chi connectivity index (χ3n) is 3.96. The molecule has 140 valence electrons. The van der Waals surface area contributed by atoms with Crippen molar-refractivity contribution >= 4 is 5.97 Å². The number of aliphatic hydroxyl groups is 2. The first-order valence-electron chi connectivity index (χ1n) is 8.13. The number of aliphatic hydroxyl groups excluding tert-OH is 2. The number of ether oxygens (including phenoxy) is 2. The van der Waals surface area contributed by atoms with E-state index in [0.29, 0.717) is 13.0 Å². The number of unbranched alkanes of at least 4 members (excludes halogenated alkanes) is 2. The summed E-state index contributed by atoms with van der Waals surface area (Å²) < 4.78 is 11.4. The third-order valence-corrected chi connectivity index (χ3v) is 3.96. The molecule has 10 heteroatoms. The van der Waals surface area contributed by atoms with Crippen molar-refractivity contribution in [3.63, 3.8) is 0 Å². The van der Waals surface area contributed by atoms with Gasteiger partial charge in [0.05, 0.1) is 0 Å². The van der Waals surface area contributed by atoms with E-state index in [1.807, 2.05) is 4.98 Å². The topological polar surface area (TPSA) is 157 Å². The van der Waals surface area contributed by atoms with Crippen LogP contribution in [0, 0.1) is 0 Å². The number of aromatic nitrogens is 2. The predicted octanol–water partition coefficient (Wildman–Crippen LogP) is -1.78. The van der Waals surface area contributed by atoms with Gasteiger partial charge in [-0.2, -0.15) is 0 Å². The molecular weight excluding hydrogens is 334 g/mol. The standard InChI is InChI=1S/C15H23N3O7/c16-6-3-1-2-4-11(20)24-8-9-12(21)13(22)14(25-9)18-7-5-10(19)17-15(18)23/h5,7,9,12-14,21-22H,1-4,6,8,16H2,(H,17,19,23)/t9-,12-,13-,14-/m1/s1. The minimum Gasteiger partial charge on any atom is -0.463 e. The van der Waals surface area contributed by atoms with Crippen LogP contribution in [-0.4, -0.2) is 57.2 Å². The Kier molecular flexibility index (Phi) is 6.88. The number of hydrogen-bond donors (Lipinski definition) is 4. The largest absolute Gasteiger partial charge is 0.463 e. The highest BCUT2D eigenvalue weighted by Crippen LogP contribution is 2.28. The van der Waals surface area contributed by atoms with Crippen LogP contribution in [0.4, 0.5) is 0 Å². The molecular formula is C15H23N3O7. The highest BCUT2D eigenvalue weighted by Gasteiger charge is 2.44. The van der Waals surface area contributed by atoms with E-state index in [1.54, 1.807) is 0 Å². The summed E-state index contributed by atoms with van der Waals surface area (Å²) in [7, 11) is 0. The van der Waals surface area contributed by atoms with E-state index in [4.69, 9.17) is 15.2 Å². The maximum absolute atomic E-state index is 11.8. The molecule has 10 nitrogen and oxygen atoms in total. The van der Waals surface area contributed by atoms with Crippen molar-refractivity contribution in [3.05, 3.63) is 33.1 Å². The Morgan fingerprint density at radius 1 is 1.28 bits per heavy atom. The Morgan fingerprint density at radius 3 is 2.72 bits per heavy atom. The van der Waals surface area contributed by atoms with Crippen molar-refractivity contribution in [2.75, 3.05) is 13.2 Å². The molecule has 0 saturated carbocycles. The molecule has 1 aliphatic heterocycles. The van der Waals surface area contributed by atoms with Gasteiger partial charge in [0.1, 0.15) is 24.9 Å². The third kappa shape index (κ3) is 4.98. The van der Waals surface area contributed by atoms with Crippen molar-refractivity contribution in [1.29, 1.82) is 0 Å². The summed E-state index contributed by atoms with van der Waals surface area (Å²) >= 11 is 0. The van der Waals surface area contributed by atoms with E-state index >= 15 is 0 Å². The van der Waals surface area contributed by atoms with Gasteiger partial charge in [0.25, 0.3) is 5.56 Å². The van der Waals surface area contributed by atoms with Crippen LogP contribution in [0.15, 0.2) is 21.9 Å². The number of esters is 1. The SMILES string of the molecule is NCCCCCC(=O)OC[C@H]1O[C@@H](n2ccc(=O)[nH]c2=O)[C@H](O)[C@@H]1O. The van der Waals surface area contributed by atoms with Crippen molar-refractivity contribution in [3.8, 4) is 0 Å². The highest BCUT2D eigenvalue weighted by atomic mass is 16.6.